The quantitative estimate of drug-likeness (QED) is 0.583. The molecule has 0 saturated carbocycles. The summed E-state index contributed by atoms with van der Waals surface area (Å²) >= 11 is 0. The molecule has 0 amide bonds. The van der Waals surface area contributed by atoms with Crippen molar-refractivity contribution in [2.45, 2.75) is 71.4 Å². The lowest BCUT2D eigenvalue weighted by Crippen LogP contribution is -2.53. The Kier molecular flexibility index (Phi) is 8.72. The molecule has 0 spiro atoms. The standard InChI is InChI=1S/C19H38F2N2O2/c1-17(2,3)23-12-10-22(11-13-23)9-7-8-14-24-15-19(20,21)16-25-18(4,5)6/h7-16H2,1-6H3. The molecule has 0 aromatic heterocycles. The van der Waals surface area contributed by atoms with Gasteiger partial charge in [0.25, 0.3) is 5.92 Å². The average molecular weight is 365 g/mol. The lowest BCUT2D eigenvalue weighted by Gasteiger charge is -2.42. The number of nitrogens with zero attached hydrogens (tertiary/aromatic N) is 2. The SMILES string of the molecule is CC(C)(C)OCC(F)(F)COCCCCN1CCN(C(C)(C)C)CC1. The Morgan fingerprint density at radius 2 is 1.44 bits per heavy atom. The van der Waals surface area contributed by atoms with Crippen molar-refractivity contribution in [1.82, 2.24) is 9.80 Å². The number of hydrogen-bond donors (Lipinski definition) is 0. The first-order valence-electron chi connectivity index (χ1n) is 9.46. The molecule has 1 aliphatic rings. The Labute approximate surface area is 152 Å². The van der Waals surface area contributed by atoms with Crippen molar-refractivity contribution >= 4 is 0 Å². The fraction of sp³-hybridized carbons (Fsp3) is 1.00. The summed E-state index contributed by atoms with van der Waals surface area (Å²) in [7, 11) is 0. The van der Waals surface area contributed by atoms with Gasteiger partial charge < -0.3 is 14.4 Å². The van der Waals surface area contributed by atoms with Crippen LogP contribution in [0.4, 0.5) is 8.78 Å². The Balaban J connectivity index is 2.06. The summed E-state index contributed by atoms with van der Waals surface area (Å²) in [5.41, 5.74) is -0.317. The topological polar surface area (TPSA) is 24.9 Å². The van der Waals surface area contributed by atoms with Gasteiger partial charge in [-0.25, -0.2) is 8.78 Å². The molecule has 1 rings (SSSR count). The van der Waals surface area contributed by atoms with Gasteiger partial charge in [0.2, 0.25) is 0 Å². The smallest absolute Gasteiger partial charge is 0.293 e. The van der Waals surface area contributed by atoms with Crippen LogP contribution in [-0.2, 0) is 9.47 Å². The molecule has 0 aromatic rings. The highest BCUT2D eigenvalue weighted by Gasteiger charge is 2.31. The van der Waals surface area contributed by atoms with Gasteiger partial charge in [-0.1, -0.05) is 0 Å². The Morgan fingerprint density at radius 1 is 0.840 bits per heavy atom. The van der Waals surface area contributed by atoms with Gasteiger partial charge in [0, 0.05) is 38.3 Å². The van der Waals surface area contributed by atoms with E-state index in [0.717, 1.165) is 45.6 Å². The summed E-state index contributed by atoms with van der Waals surface area (Å²) < 4.78 is 37.5. The minimum absolute atomic E-state index is 0.238. The lowest BCUT2D eigenvalue weighted by atomic mass is 10.0. The molecule has 0 radical (unpaired) electrons. The second-order valence-corrected chi connectivity index (χ2v) is 9.02. The van der Waals surface area contributed by atoms with Crippen molar-refractivity contribution in [3.8, 4) is 0 Å². The monoisotopic (exact) mass is 364 g/mol. The van der Waals surface area contributed by atoms with Crippen LogP contribution in [0.15, 0.2) is 0 Å². The van der Waals surface area contributed by atoms with E-state index in [2.05, 4.69) is 30.6 Å². The predicted octanol–water partition coefficient (Wildman–Crippen LogP) is 3.65. The van der Waals surface area contributed by atoms with Crippen LogP contribution in [0.25, 0.3) is 0 Å². The first-order chi connectivity index (χ1) is 11.4. The summed E-state index contributed by atoms with van der Waals surface area (Å²) in [6, 6.07) is 0. The van der Waals surface area contributed by atoms with Crippen LogP contribution in [0, 0.1) is 0 Å². The van der Waals surface area contributed by atoms with Gasteiger partial charge >= 0.3 is 0 Å². The van der Waals surface area contributed by atoms with E-state index in [1.807, 2.05) is 0 Å². The molecular weight excluding hydrogens is 326 g/mol. The molecule has 0 atom stereocenters. The first-order valence-corrected chi connectivity index (χ1v) is 9.46. The molecule has 1 aliphatic heterocycles. The lowest BCUT2D eigenvalue weighted by molar-refractivity contribution is -0.152. The molecule has 0 aliphatic carbocycles. The van der Waals surface area contributed by atoms with Gasteiger partial charge in [0.15, 0.2) is 0 Å². The molecular formula is C19H38F2N2O2. The minimum atomic E-state index is -2.92. The second kappa shape index (κ2) is 9.58. The zero-order chi connectivity index (χ0) is 19.1. The van der Waals surface area contributed by atoms with Crippen LogP contribution in [0.2, 0.25) is 0 Å². The Hall–Kier alpha value is -0.300. The van der Waals surface area contributed by atoms with E-state index >= 15 is 0 Å². The predicted molar refractivity (Wildman–Crippen MR) is 98.5 cm³/mol. The van der Waals surface area contributed by atoms with E-state index in [9.17, 15) is 8.78 Å². The van der Waals surface area contributed by atoms with Crippen LogP contribution in [0.1, 0.15) is 54.4 Å². The normalized spacial score (nSPS) is 18.7. The Morgan fingerprint density at radius 3 is 1.96 bits per heavy atom. The van der Waals surface area contributed by atoms with Crippen molar-refractivity contribution in [2.75, 3.05) is 52.5 Å². The molecule has 0 aromatic carbocycles. The fourth-order valence-corrected chi connectivity index (χ4v) is 2.77. The average Bonchev–Trinajstić information content (AvgIpc) is 2.48. The summed E-state index contributed by atoms with van der Waals surface area (Å²) in [4.78, 5) is 4.96. The molecule has 150 valence electrons. The van der Waals surface area contributed by atoms with Crippen LogP contribution < -0.4 is 0 Å². The molecule has 4 nitrogen and oxygen atoms in total. The third-order valence-electron chi connectivity index (χ3n) is 4.36. The van der Waals surface area contributed by atoms with Crippen molar-refractivity contribution in [1.29, 1.82) is 0 Å². The largest absolute Gasteiger partial charge is 0.375 e. The van der Waals surface area contributed by atoms with Crippen molar-refractivity contribution < 1.29 is 18.3 Å². The summed E-state index contributed by atoms with van der Waals surface area (Å²) in [6.07, 6.45) is 1.80. The third kappa shape index (κ3) is 10.4. The molecule has 0 N–H and O–H groups in total. The molecule has 0 unspecified atom stereocenters. The van der Waals surface area contributed by atoms with E-state index in [1.54, 1.807) is 20.8 Å². The maximum atomic E-state index is 13.6. The molecule has 1 heterocycles. The number of alkyl halides is 2. The molecule has 25 heavy (non-hydrogen) atoms. The van der Waals surface area contributed by atoms with Gasteiger partial charge in [-0.15, -0.1) is 0 Å². The summed E-state index contributed by atoms with van der Waals surface area (Å²) in [6.45, 7) is 16.7. The molecule has 0 bridgehead atoms. The van der Waals surface area contributed by atoms with Crippen molar-refractivity contribution in [3.05, 3.63) is 0 Å². The van der Waals surface area contributed by atoms with E-state index in [4.69, 9.17) is 9.47 Å². The maximum Gasteiger partial charge on any atom is 0.293 e. The van der Waals surface area contributed by atoms with Gasteiger partial charge in [-0.2, -0.15) is 0 Å². The van der Waals surface area contributed by atoms with Crippen LogP contribution in [-0.4, -0.2) is 79.4 Å². The van der Waals surface area contributed by atoms with Crippen molar-refractivity contribution in [3.63, 3.8) is 0 Å². The van der Waals surface area contributed by atoms with Crippen LogP contribution in [0.3, 0.4) is 0 Å². The number of hydrogen-bond acceptors (Lipinski definition) is 4. The maximum absolute atomic E-state index is 13.6. The van der Waals surface area contributed by atoms with E-state index < -0.39 is 24.7 Å². The second-order valence-electron chi connectivity index (χ2n) is 9.02. The highest BCUT2D eigenvalue weighted by Crippen LogP contribution is 2.19. The number of ether oxygens (including phenoxy) is 2. The van der Waals surface area contributed by atoms with Crippen LogP contribution in [0.5, 0.6) is 0 Å². The number of halogens is 2. The van der Waals surface area contributed by atoms with Gasteiger partial charge in [-0.3, -0.25) is 4.90 Å². The minimum Gasteiger partial charge on any atom is -0.375 e. The first kappa shape index (κ1) is 22.7. The third-order valence-corrected chi connectivity index (χ3v) is 4.36. The summed E-state index contributed by atoms with van der Waals surface area (Å²) in [5.74, 6) is -2.92. The Bertz CT molecular complexity index is 371. The van der Waals surface area contributed by atoms with E-state index in [1.165, 1.54) is 0 Å². The fourth-order valence-electron chi connectivity index (χ4n) is 2.77. The van der Waals surface area contributed by atoms with Gasteiger partial charge in [0.1, 0.15) is 13.2 Å². The summed E-state index contributed by atoms with van der Waals surface area (Å²) in [5, 5.41) is 0. The number of unbranched alkanes of at least 4 members (excludes halogenated alkanes) is 1. The molecule has 6 heteroatoms. The zero-order valence-corrected chi connectivity index (χ0v) is 17.0. The molecule has 1 fully saturated rings. The van der Waals surface area contributed by atoms with Gasteiger partial charge in [0.05, 0.1) is 5.60 Å². The number of rotatable bonds is 9. The van der Waals surface area contributed by atoms with E-state index in [-0.39, 0.29) is 5.54 Å². The number of piperazine rings is 1. The highest BCUT2D eigenvalue weighted by atomic mass is 19.3. The highest BCUT2D eigenvalue weighted by molar-refractivity contribution is 4.81. The van der Waals surface area contributed by atoms with E-state index in [0.29, 0.717) is 6.61 Å². The van der Waals surface area contributed by atoms with Crippen LogP contribution >= 0.6 is 0 Å². The van der Waals surface area contributed by atoms with Crippen molar-refractivity contribution in [2.24, 2.45) is 0 Å². The molecule has 1 saturated heterocycles. The van der Waals surface area contributed by atoms with Gasteiger partial charge in [-0.05, 0) is 60.9 Å². The zero-order valence-electron chi connectivity index (χ0n) is 17.0.